The molecular weight excluding hydrogens is 288 g/mol. The Bertz CT molecular complexity index is 473. The number of aromatic nitrogens is 1. The molecule has 0 aromatic carbocycles. The van der Waals surface area contributed by atoms with Crippen molar-refractivity contribution in [3.8, 4) is 6.07 Å². The Morgan fingerprint density at radius 2 is 2.31 bits per heavy atom. The summed E-state index contributed by atoms with van der Waals surface area (Å²) in [6.07, 6.45) is -2.45. The lowest BCUT2D eigenvalue weighted by molar-refractivity contribution is -0.385. The molecule has 0 saturated carbocycles. The number of nitro groups is 1. The Kier molecular flexibility index (Phi) is 3.84. The van der Waals surface area contributed by atoms with Crippen LogP contribution in [-0.4, -0.2) is 9.91 Å². The zero-order chi connectivity index (χ0) is 12.3. The quantitative estimate of drug-likeness (QED) is 0.633. The number of rotatable bonds is 3. The first-order valence-electron chi connectivity index (χ1n) is 3.95. The molecule has 8 heteroatoms. The molecule has 5 nitrogen and oxygen atoms in total. The third kappa shape index (κ3) is 2.30. The van der Waals surface area contributed by atoms with Crippen molar-refractivity contribution in [1.29, 1.82) is 5.26 Å². The molecule has 0 aliphatic carbocycles. The van der Waals surface area contributed by atoms with Crippen LogP contribution in [0.25, 0.3) is 0 Å². The van der Waals surface area contributed by atoms with Gasteiger partial charge in [-0.05, 0) is 15.9 Å². The van der Waals surface area contributed by atoms with E-state index in [1.807, 2.05) is 0 Å². The molecule has 0 saturated heterocycles. The molecule has 0 unspecified atom stereocenters. The number of halogens is 3. The van der Waals surface area contributed by atoms with Crippen LogP contribution in [0.2, 0.25) is 0 Å². The summed E-state index contributed by atoms with van der Waals surface area (Å²) in [4.78, 5) is 13.1. The summed E-state index contributed by atoms with van der Waals surface area (Å²) in [7, 11) is 0. The molecular formula is C8H4BrF2N3O2. The lowest BCUT2D eigenvalue weighted by Gasteiger charge is -2.06. The summed E-state index contributed by atoms with van der Waals surface area (Å²) >= 11 is 2.80. The summed E-state index contributed by atoms with van der Waals surface area (Å²) in [6, 6.07) is 1.68. The molecule has 1 aromatic heterocycles. The van der Waals surface area contributed by atoms with Crippen LogP contribution >= 0.6 is 15.9 Å². The summed E-state index contributed by atoms with van der Waals surface area (Å²) in [5.74, 6) is 0. The van der Waals surface area contributed by atoms with Crippen molar-refractivity contribution in [1.82, 2.24) is 4.98 Å². The molecule has 1 heterocycles. The van der Waals surface area contributed by atoms with E-state index in [2.05, 4.69) is 20.9 Å². The van der Waals surface area contributed by atoms with Crippen molar-refractivity contribution in [2.24, 2.45) is 0 Å². The lowest BCUT2D eigenvalue weighted by atomic mass is 10.1. The largest absolute Gasteiger partial charge is 0.292 e. The van der Waals surface area contributed by atoms with Crippen LogP contribution in [0.4, 0.5) is 14.5 Å². The molecule has 0 aliphatic heterocycles. The fourth-order valence-electron chi connectivity index (χ4n) is 1.09. The van der Waals surface area contributed by atoms with Gasteiger partial charge < -0.3 is 0 Å². The number of pyridine rings is 1. The molecule has 1 rings (SSSR count). The minimum absolute atomic E-state index is 0.0854. The molecule has 16 heavy (non-hydrogen) atoms. The van der Waals surface area contributed by atoms with Gasteiger partial charge in [-0.25, -0.2) is 13.8 Å². The Labute approximate surface area is 97.0 Å². The first-order valence-corrected chi connectivity index (χ1v) is 4.75. The minimum Gasteiger partial charge on any atom is -0.258 e. The Morgan fingerprint density at radius 3 is 2.75 bits per heavy atom. The Balaban J connectivity index is 3.42. The standard InChI is InChI=1S/C8H4BrF2N3O2/c9-6-4(1-2-12)5(14(15)16)3-13-7(6)8(10)11/h3,8H,1H2. The number of hydrogen-bond acceptors (Lipinski definition) is 4. The van der Waals surface area contributed by atoms with Gasteiger partial charge in [0.2, 0.25) is 0 Å². The van der Waals surface area contributed by atoms with Gasteiger partial charge in [-0.3, -0.25) is 10.1 Å². The van der Waals surface area contributed by atoms with Gasteiger partial charge >= 0.3 is 0 Å². The van der Waals surface area contributed by atoms with Crippen molar-refractivity contribution in [2.75, 3.05) is 0 Å². The van der Waals surface area contributed by atoms with Crippen molar-refractivity contribution in [3.05, 3.63) is 32.0 Å². The fourth-order valence-corrected chi connectivity index (χ4v) is 1.71. The molecule has 0 fully saturated rings. The number of alkyl halides is 2. The summed E-state index contributed by atoms with van der Waals surface area (Å²) < 4.78 is 24.7. The van der Waals surface area contributed by atoms with Gasteiger partial charge in [0.05, 0.1) is 27.4 Å². The molecule has 0 atom stereocenters. The van der Waals surface area contributed by atoms with Gasteiger partial charge in [-0.2, -0.15) is 5.26 Å². The van der Waals surface area contributed by atoms with E-state index >= 15 is 0 Å². The van der Waals surface area contributed by atoms with E-state index in [4.69, 9.17) is 5.26 Å². The third-order valence-electron chi connectivity index (χ3n) is 1.78. The third-order valence-corrected chi connectivity index (χ3v) is 2.67. The highest BCUT2D eigenvalue weighted by Gasteiger charge is 2.24. The zero-order valence-corrected chi connectivity index (χ0v) is 9.24. The monoisotopic (exact) mass is 291 g/mol. The zero-order valence-electron chi connectivity index (χ0n) is 7.65. The van der Waals surface area contributed by atoms with Crippen LogP contribution in [0.15, 0.2) is 10.7 Å². The molecule has 84 valence electrons. The van der Waals surface area contributed by atoms with E-state index in [1.165, 1.54) is 0 Å². The number of hydrogen-bond donors (Lipinski definition) is 0. The van der Waals surface area contributed by atoms with E-state index in [-0.39, 0.29) is 16.5 Å². The van der Waals surface area contributed by atoms with E-state index < -0.39 is 22.7 Å². The second-order valence-electron chi connectivity index (χ2n) is 2.71. The molecule has 0 bridgehead atoms. The van der Waals surface area contributed by atoms with Crippen molar-refractivity contribution in [2.45, 2.75) is 12.8 Å². The highest BCUT2D eigenvalue weighted by Crippen LogP contribution is 2.33. The highest BCUT2D eigenvalue weighted by molar-refractivity contribution is 9.10. The minimum atomic E-state index is -2.85. The topological polar surface area (TPSA) is 79.8 Å². The molecule has 0 amide bonds. The summed E-state index contributed by atoms with van der Waals surface area (Å²) in [5, 5.41) is 19.1. The predicted molar refractivity (Wildman–Crippen MR) is 52.9 cm³/mol. The smallest absolute Gasteiger partial charge is 0.258 e. The summed E-state index contributed by atoms with van der Waals surface area (Å²) in [5.41, 5.74) is -1.13. The maximum Gasteiger partial charge on any atom is 0.292 e. The van der Waals surface area contributed by atoms with Gasteiger partial charge in [-0.15, -0.1) is 0 Å². The van der Waals surface area contributed by atoms with Crippen LogP contribution in [0.3, 0.4) is 0 Å². The van der Waals surface area contributed by atoms with E-state index in [0.29, 0.717) is 0 Å². The average molecular weight is 292 g/mol. The van der Waals surface area contributed by atoms with Crippen LogP contribution in [0, 0.1) is 21.4 Å². The van der Waals surface area contributed by atoms with Gasteiger partial charge in [0, 0.05) is 0 Å². The maximum absolute atomic E-state index is 12.4. The van der Waals surface area contributed by atoms with Crippen LogP contribution in [0.5, 0.6) is 0 Å². The second-order valence-corrected chi connectivity index (χ2v) is 3.51. The fraction of sp³-hybridized carbons (Fsp3) is 0.250. The van der Waals surface area contributed by atoms with Gasteiger partial charge in [-0.1, -0.05) is 0 Å². The molecule has 0 radical (unpaired) electrons. The average Bonchev–Trinajstić information content (AvgIpc) is 2.20. The Morgan fingerprint density at radius 1 is 1.69 bits per heavy atom. The highest BCUT2D eigenvalue weighted by atomic mass is 79.9. The van der Waals surface area contributed by atoms with Crippen LogP contribution < -0.4 is 0 Å². The maximum atomic E-state index is 12.4. The van der Waals surface area contributed by atoms with Crippen LogP contribution in [-0.2, 0) is 6.42 Å². The van der Waals surface area contributed by atoms with Crippen molar-refractivity contribution >= 4 is 21.6 Å². The van der Waals surface area contributed by atoms with Gasteiger partial charge in [0.1, 0.15) is 11.9 Å². The number of nitrogens with zero attached hydrogens (tertiary/aromatic N) is 3. The summed E-state index contributed by atoms with van der Waals surface area (Å²) in [6.45, 7) is 0. The molecule has 0 aliphatic rings. The molecule has 0 N–H and O–H groups in total. The SMILES string of the molecule is N#CCc1c([N+](=O)[O-])cnc(C(F)F)c1Br. The lowest BCUT2D eigenvalue weighted by Crippen LogP contribution is -2.02. The van der Waals surface area contributed by atoms with E-state index in [9.17, 15) is 18.9 Å². The molecule has 1 aromatic rings. The normalized spacial score (nSPS) is 10.2. The van der Waals surface area contributed by atoms with Gasteiger partial charge in [0.25, 0.3) is 12.1 Å². The number of nitriles is 1. The first-order chi connectivity index (χ1) is 7.49. The van der Waals surface area contributed by atoms with Crippen LogP contribution in [0.1, 0.15) is 17.7 Å². The van der Waals surface area contributed by atoms with Gasteiger partial charge in [0.15, 0.2) is 0 Å². The molecule has 0 spiro atoms. The second kappa shape index (κ2) is 4.94. The predicted octanol–water partition coefficient (Wildman–Crippen LogP) is 2.76. The van der Waals surface area contributed by atoms with E-state index in [1.54, 1.807) is 6.07 Å². The Hall–Kier alpha value is -1.62. The van der Waals surface area contributed by atoms with Crippen molar-refractivity contribution in [3.63, 3.8) is 0 Å². The first kappa shape index (κ1) is 12.4. The van der Waals surface area contributed by atoms with E-state index in [0.717, 1.165) is 6.20 Å². The van der Waals surface area contributed by atoms with Crippen molar-refractivity contribution < 1.29 is 13.7 Å².